The largest absolute Gasteiger partial charge is 0.497 e. The van der Waals surface area contributed by atoms with Gasteiger partial charge in [-0.1, -0.05) is 24.3 Å². The topological polar surface area (TPSA) is 104 Å². The Morgan fingerprint density at radius 3 is 2.48 bits per heavy atom. The summed E-state index contributed by atoms with van der Waals surface area (Å²) in [6.07, 6.45) is 0. The predicted molar refractivity (Wildman–Crippen MR) is 109 cm³/mol. The van der Waals surface area contributed by atoms with Crippen molar-refractivity contribution in [3.63, 3.8) is 0 Å². The molecular formula is C21H21N5O3. The molecule has 8 heteroatoms. The maximum Gasteiger partial charge on any atom is 0.248 e. The van der Waals surface area contributed by atoms with E-state index in [9.17, 15) is 4.79 Å². The number of hydrogen-bond acceptors (Lipinski definition) is 6. The average Bonchev–Trinajstić information content (AvgIpc) is 3.16. The van der Waals surface area contributed by atoms with Crippen molar-refractivity contribution in [1.82, 2.24) is 14.8 Å². The average molecular weight is 391 g/mol. The van der Waals surface area contributed by atoms with Crippen molar-refractivity contribution in [2.45, 2.75) is 13.0 Å². The standard InChI is InChI=1S/C21H21N5O3/c1-12-17(19(22)27)18(13-6-4-8-15(10-13)28-2)26-21(23-12)24-20(25-26)14-7-5-9-16(11-14)29-3/h4-11,18H,1-3H3,(H2,22,27)(H,23,24,25). The van der Waals surface area contributed by atoms with Crippen LogP contribution in [0, 0.1) is 0 Å². The van der Waals surface area contributed by atoms with Crippen molar-refractivity contribution in [2.24, 2.45) is 5.73 Å². The maximum absolute atomic E-state index is 12.3. The van der Waals surface area contributed by atoms with E-state index < -0.39 is 11.9 Å². The zero-order chi connectivity index (χ0) is 20.5. The summed E-state index contributed by atoms with van der Waals surface area (Å²) in [5, 5.41) is 7.83. The summed E-state index contributed by atoms with van der Waals surface area (Å²) >= 11 is 0. The van der Waals surface area contributed by atoms with Gasteiger partial charge in [-0.3, -0.25) is 4.79 Å². The predicted octanol–water partition coefficient (Wildman–Crippen LogP) is 2.74. The second-order valence-corrected chi connectivity index (χ2v) is 6.64. The van der Waals surface area contributed by atoms with Crippen molar-refractivity contribution in [2.75, 3.05) is 19.5 Å². The molecule has 0 saturated heterocycles. The molecule has 29 heavy (non-hydrogen) atoms. The normalized spacial score (nSPS) is 15.5. The number of anilines is 1. The monoisotopic (exact) mass is 391 g/mol. The van der Waals surface area contributed by atoms with Crippen LogP contribution in [0.4, 0.5) is 5.95 Å². The Kier molecular flexibility index (Phi) is 4.67. The van der Waals surface area contributed by atoms with Gasteiger partial charge in [0.15, 0.2) is 5.82 Å². The number of primary amides is 1. The third-order valence-corrected chi connectivity index (χ3v) is 4.86. The van der Waals surface area contributed by atoms with Gasteiger partial charge in [0.2, 0.25) is 11.9 Å². The van der Waals surface area contributed by atoms with Gasteiger partial charge in [0.1, 0.15) is 17.5 Å². The number of nitrogens with two attached hydrogens (primary N) is 1. The number of benzene rings is 2. The van der Waals surface area contributed by atoms with E-state index in [2.05, 4.69) is 15.4 Å². The van der Waals surface area contributed by atoms with Gasteiger partial charge < -0.3 is 20.5 Å². The SMILES string of the molecule is COc1cccc(-c2nc3n(n2)C(c2cccc(OC)c2)C(C(N)=O)=C(C)N3)c1. The Morgan fingerprint density at radius 2 is 1.79 bits per heavy atom. The zero-order valence-corrected chi connectivity index (χ0v) is 16.3. The van der Waals surface area contributed by atoms with Gasteiger partial charge in [0.25, 0.3) is 0 Å². The molecular weight excluding hydrogens is 370 g/mol. The van der Waals surface area contributed by atoms with Crippen LogP contribution >= 0.6 is 0 Å². The van der Waals surface area contributed by atoms with E-state index in [1.54, 1.807) is 25.8 Å². The Hall–Kier alpha value is -3.81. The molecule has 0 spiro atoms. The summed E-state index contributed by atoms with van der Waals surface area (Å²) in [5.41, 5.74) is 8.41. The summed E-state index contributed by atoms with van der Waals surface area (Å²) in [5.74, 6) is 1.90. The maximum atomic E-state index is 12.3. The Balaban J connectivity index is 1.87. The van der Waals surface area contributed by atoms with E-state index in [1.807, 2.05) is 48.5 Å². The molecule has 1 atom stereocenters. The third kappa shape index (κ3) is 3.29. The number of fused-ring (bicyclic) bond motifs is 1. The smallest absolute Gasteiger partial charge is 0.248 e. The van der Waals surface area contributed by atoms with Gasteiger partial charge in [-0.15, -0.1) is 5.10 Å². The lowest BCUT2D eigenvalue weighted by Crippen LogP contribution is -2.31. The highest BCUT2D eigenvalue weighted by Crippen LogP contribution is 2.37. The van der Waals surface area contributed by atoms with Gasteiger partial charge in [0.05, 0.1) is 19.8 Å². The first-order valence-corrected chi connectivity index (χ1v) is 9.04. The van der Waals surface area contributed by atoms with Crippen LogP contribution in [0.1, 0.15) is 18.5 Å². The van der Waals surface area contributed by atoms with Crippen LogP contribution in [-0.4, -0.2) is 34.9 Å². The Morgan fingerprint density at radius 1 is 1.10 bits per heavy atom. The van der Waals surface area contributed by atoms with Gasteiger partial charge in [-0.05, 0) is 36.8 Å². The molecule has 0 fully saturated rings. The second-order valence-electron chi connectivity index (χ2n) is 6.64. The molecule has 1 aliphatic rings. The van der Waals surface area contributed by atoms with Gasteiger partial charge >= 0.3 is 0 Å². The summed E-state index contributed by atoms with van der Waals surface area (Å²) in [7, 11) is 3.21. The minimum absolute atomic E-state index is 0.424. The number of carbonyl (C=O) groups is 1. The molecule has 3 aromatic rings. The number of carbonyl (C=O) groups excluding carboxylic acids is 1. The number of aromatic nitrogens is 3. The van der Waals surface area contributed by atoms with Crippen molar-refractivity contribution < 1.29 is 14.3 Å². The number of nitrogens with zero attached hydrogens (tertiary/aromatic N) is 3. The Bertz CT molecular complexity index is 1120. The Labute approximate surface area is 168 Å². The number of hydrogen-bond donors (Lipinski definition) is 2. The van der Waals surface area contributed by atoms with Crippen molar-refractivity contribution in [3.8, 4) is 22.9 Å². The summed E-state index contributed by atoms with van der Waals surface area (Å²) < 4.78 is 12.3. The minimum atomic E-state index is -0.522. The first kappa shape index (κ1) is 18.5. The second kappa shape index (κ2) is 7.31. The number of ether oxygens (including phenoxy) is 2. The number of methoxy groups -OCH3 is 2. The van der Waals surface area contributed by atoms with Gasteiger partial charge in [-0.2, -0.15) is 4.98 Å². The van der Waals surface area contributed by atoms with Crippen molar-refractivity contribution in [3.05, 3.63) is 65.4 Å². The highest BCUT2D eigenvalue weighted by atomic mass is 16.5. The molecule has 0 radical (unpaired) electrons. The number of rotatable bonds is 5. The summed E-state index contributed by atoms with van der Waals surface area (Å²) in [6, 6.07) is 14.4. The van der Waals surface area contributed by atoms with Crippen molar-refractivity contribution in [1.29, 1.82) is 0 Å². The summed E-state index contributed by atoms with van der Waals surface area (Å²) in [6.45, 7) is 1.80. The van der Waals surface area contributed by atoms with E-state index in [4.69, 9.17) is 15.2 Å². The minimum Gasteiger partial charge on any atom is -0.497 e. The van der Waals surface area contributed by atoms with Crippen LogP contribution in [0.3, 0.4) is 0 Å². The highest BCUT2D eigenvalue weighted by Gasteiger charge is 2.33. The van der Waals surface area contributed by atoms with Crippen LogP contribution < -0.4 is 20.5 Å². The first-order chi connectivity index (χ1) is 14.0. The van der Waals surface area contributed by atoms with Crippen LogP contribution in [-0.2, 0) is 4.79 Å². The first-order valence-electron chi connectivity index (χ1n) is 9.04. The quantitative estimate of drug-likeness (QED) is 0.693. The van der Waals surface area contributed by atoms with E-state index in [0.717, 1.165) is 11.1 Å². The lowest BCUT2D eigenvalue weighted by Gasteiger charge is -2.27. The number of nitrogens with one attached hydrogen (secondary N) is 1. The molecule has 1 aromatic heterocycles. The molecule has 8 nitrogen and oxygen atoms in total. The molecule has 0 bridgehead atoms. The number of allylic oxidation sites excluding steroid dienone is 1. The van der Waals surface area contributed by atoms with Crippen LogP contribution in [0.2, 0.25) is 0 Å². The third-order valence-electron chi connectivity index (χ3n) is 4.86. The molecule has 1 unspecified atom stereocenters. The molecule has 1 amide bonds. The zero-order valence-electron chi connectivity index (χ0n) is 16.3. The molecule has 0 aliphatic carbocycles. The van der Waals surface area contributed by atoms with E-state index in [-0.39, 0.29) is 0 Å². The molecule has 148 valence electrons. The molecule has 3 N–H and O–H groups in total. The van der Waals surface area contributed by atoms with Crippen LogP contribution in [0.25, 0.3) is 11.4 Å². The summed E-state index contributed by atoms with van der Waals surface area (Å²) in [4.78, 5) is 16.9. The highest BCUT2D eigenvalue weighted by molar-refractivity contribution is 5.95. The molecule has 0 saturated carbocycles. The van der Waals surface area contributed by atoms with Crippen LogP contribution in [0.15, 0.2) is 59.8 Å². The van der Waals surface area contributed by atoms with E-state index in [1.165, 1.54) is 0 Å². The number of amides is 1. The molecule has 2 aromatic carbocycles. The van der Waals surface area contributed by atoms with Crippen molar-refractivity contribution >= 4 is 11.9 Å². The van der Waals surface area contributed by atoms with Gasteiger partial charge in [-0.25, -0.2) is 4.68 Å². The van der Waals surface area contributed by atoms with E-state index >= 15 is 0 Å². The van der Waals surface area contributed by atoms with Gasteiger partial charge in [0, 0.05) is 11.3 Å². The molecule has 2 heterocycles. The fraction of sp³-hybridized carbons (Fsp3) is 0.190. The molecule has 1 aliphatic heterocycles. The fourth-order valence-corrected chi connectivity index (χ4v) is 3.47. The lowest BCUT2D eigenvalue weighted by atomic mass is 9.95. The van der Waals surface area contributed by atoms with Crippen LogP contribution in [0.5, 0.6) is 11.5 Å². The lowest BCUT2D eigenvalue weighted by molar-refractivity contribution is -0.115. The fourth-order valence-electron chi connectivity index (χ4n) is 3.47. The molecule has 4 rings (SSSR count). The van der Waals surface area contributed by atoms with E-state index in [0.29, 0.717) is 34.5 Å².